The molecule has 2 fully saturated rings. The third-order valence-corrected chi connectivity index (χ3v) is 4.04. The zero-order valence-corrected chi connectivity index (χ0v) is 10.7. The van der Waals surface area contributed by atoms with Gasteiger partial charge in [-0.2, -0.15) is 0 Å². The van der Waals surface area contributed by atoms with E-state index in [-0.39, 0.29) is 12.1 Å². The maximum atomic E-state index is 12.0. The van der Waals surface area contributed by atoms with Crippen molar-refractivity contribution in [1.29, 1.82) is 0 Å². The summed E-state index contributed by atoms with van der Waals surface area (Å²) < 4.78 is 0. The number of carbonyl (C=O) groups is 2. The second kappa shape index (κ2) is 6.07. The molecule has 2 rings (SSSR count). The number of aliphatic carboxylic acids is 1. The number of likely N-dealkylation sites (tertiary alicyclic amines) is 1. The highest BCUT2D eigenvalue weighted by Gasteiger charge is 2.31. The second-order valence-corrected chi connectivity index (χ2v) is 5.33. The highest BCUT2D eigenvalue weighted by atomic mass is 16.4. The summed E-state index contributed by atoms with van der Waals surface area (Å²) in [6.07, 6.45) is 6.61. The molecule has 0 aromatic carbocycles. The summed E-state index contributed by atoms with van der Waals surface area (Å²) in [7, 11) is 0. The van der Waals surface area contributed by atoms with E-state index in [0.717, 1.165) is 51.6 Å². The molecule has 2 unspecified atom stereocenters. The van der Waals surface area contributed by atoms with Crippen molar-refractivity contribution in [2.45, 2.75) is 51.0 Å². The number of carboxylic acid groups (broad SMARTS) is 1. The zero-order valence-electron chi connectivity index (χ0n) is 10.7. The normalized spacial score (nSPS) is 28.8. The first kappa shape index (κ1) is 13.2. The molecule has 0 radical (unpaired) electrons. The number of hydrogen-bond donors (Lipinski definition) is 2. The van der Waals surface area contributed by atoms with E-state index >= 15 is 0 Å². The van der Waals surface area contributed by atoms with Crippen LogP contribution in [0.2, 0.25) is 0 Å². The molecule has 18 heavy (non-hydrogen) atoms. The molecule has 2 amide bonds. The van der Waals surface area contributed by atoms with Gasteiger partial charge in [-0.1, -0.05) is 19.3 Å². The van der Waals surface area contributed by atoms with Crippen molar-refractivity contribution < 1.29 is 14.7 Å². The minimum absolute atomic E-state index is 0.0781. The summed E-state index contributed by atoms with van der Waals surface area (Å²) in [5, 5.41) is 12.2. The lowest BCUT2D eigenvalue weighted by atomic mass is 9.95. The van der Waals surface area contributed by atoms with Gasteiger partial charge in [-0.15, -0.1) is 0 Å². The summed E-state index contributed by atoms with van der Waals surface area (Å²) in [6.45, 7) is 1.60. The summed E-state index contributed by atoms with van der Waals surface area (Å²) in [6, 6.07) is -0.274. The fraction of sp³-hybridized carbons (Fsp3) is 0.846. The van der Waals surface area contributed by atoms with Gasteiger partial charge in [0.1, 0.15) is 0 Å². The maximum absolute atomic E-state index is 12.0. The number of rotatable bonds is 2. The maximum Gasteiger partial charge on any atom is 0.317 e. The molecule has 0 aromatic rings. The molecule has 1 aliphatic carbocycles. The Kier molecular flexibility index (Phi) is 4.44. The SMILES string of the molecule is O=C(O)C1CCCCCC1NC(=O)N1CCCC1. The van der Waals surface area contributed by atoms with Gasteiger partial charge in [0.05, 0.1) is 5.92 Å². The highest BCUT2D eigenvalue weighted by Crippen LogP contribution is 2.24. The number of hydrogen-bond acceptors (Lipinski definition) is 2. The number of nitrogens with one attached hydrogen (secondary N) is 1. The Labute approximate surface area is 108 Å². The predicted octanol–water partition coefficient (Wildman–Crippen LogP) is 1.83. The van der Waals surface area contributed by atoms with E-state index in [0.29, 0.717) is 6.42 Å². The van der Waals surface area contributed by atoms with E-state index in [1.165, 1.54) is 0 Å². The third kappa shape index (κ3) is 3.15. The Bertz CT molecular complexity index is 313. The van der Waals surface area contributed by atoms with Gasteiger partial charge in [0.25, 0.3) is 0 Å². The molecule has 2 N–H and O–H groups in total. The van der Waals surface area contributed by atoms with Crippen LogP contribution in [0, 0.1) is 5.92 Å². The molecule has 1 heterocycles. The van der Waals surface area contributed by atoms with Gasteiger partial charge < -0.3 is 15.3 Å². The summed E-state index contributed by atoms with van der Waals surface area (Å²) in [5.41, 5.74) is 0. The van der Waals surface area contributed by atoms with Crippen molar-refractivity contribution >= 4 is 12.0 Å². The topological polar surface area (TPSA) is 69.6 Å². The third-order valence-electron chi connectivity index (χ3n) is 4.04. The average Bonchev–Trinajstić information content (AvgIpc) is 2.77. The summed E-state index contributed by atoms with van der Waals surface area (Å²) in [5.74, 6) is -1.19. The van der Waals surface area contributed by atoms with Crippen LogP contribution in [0.25, 0.3) is 0 Å². The molecule has 2 atom stereocenters. The van der Waals surface area contributed by atoms with E-state index in [1.54, 1.807) is 4.90 Å². The lowest BCUT2D eigenvalue weighted by Gasteiger charge is -2.26. The van der Waals surface area contributed by atoms with E-state index in [2.05, 4.69) is 5.32 Å². The van der Waals surface area contributed by atoms with Gasteiger partial charge in [0, 0.05) is 19.1 Å². The lowest BCUT2D eigenvalue weighted by molar-refractivity contribution is -0.142. The van der Waals surface area contributed by atoms with Gasteiger partial charge >= 0.3 is 12.0 Å². The van der Waals surface area contributed by atoms with Crippen molar-refractivity contribution in [3.05, 3.63) is 0 Å². The molecule has 5 heteroatoms. The van der Waals surface area contributed by atoms with Crippen molar-refractivity contribution in [3.63, 3.8) is 0 Å². The first-order valence-electron chi connectivity index (χ1n) is 6.97. The Balaban J connectivity index is 1.95. The second-order valence-electron chi connectivity index (χ2n) is 5.33. The van der Waals surface area contributed by atoms with Crippen molar-refractivity contribution in [1.82, 2.24) is 10.2 Å². The largest absolute Gasteiger partial charge is 0.481 e. The van der Waals surface area contributed by atoms with Gasteiger partial charge in [-0.05, 0) is 25.7 Å². The molecule has 102 valence electrons. The van der Waals surface area contributed by atoms with Gasteiger partial charge in [-0.25, -0.2) is 4.79 Å². The van der Waals surface area contributed by atoms with Gasteiger partial charge in [0.15, 0.2) is 0 Å². The fourth-order valence-corrected chi connectivity index (χ4v) is 2.95. The average molecular weight is 254 g/mol. The van der Waals surface area contributed by atoms with Crippen LogP contribution in [0.5, 0.6) is 0 Å². The standard InChI is InChI=1S/C13H22N2O3/c16-12(17)10-6-2-1-3-7-11(10)14-13(18)15-8-4-5-9-15/h10-11H,1-9H2,(H,14,18)(H,16,17). The van der Waals surface area contributed by atoms with E-state index in [9.17, 15) is 14.7 Å². The number of carboxylic acids is 1. The smallest absolute Gasteiger partial charge is 0.317 e. The molecular formula is C13H22N2O3. The van der Waals surface area contributed by atoms with Crippen LogP contribution < -0.4 is 5.32 Å². The quantitative estimate of drug-likeness (QED) is 0.738. The molecule has 1 aliphatic heterocycles. The minimum Gasteiger partial charge on any atom is -0.481 e. The molecule has 1 saturated heterocycles. The zero-order chi connectivity index (χ0) is 13.0. The van der Waals surface area contributed by atoms with Crippen LogP contribution in [0.4, 0.5) is 4.79 Å². The van der Waals surface area contributed by atoms with E-state index in [4.69, 9.17) is 0 Å². The predicted molar refractivity (Wildman–Crippen MR) is 67.3 cm³/mol. The van der Waals surface area contributed by atoms with Crippen molar-refractivity contribution in [2.24, 2.45) is 5.92 Å². The molecule has 1 saturated carbocycles. The Morgan fingerprint density at radius 1 is 1.00 bits per heavy atom. The molecule has 0 bridgehead atoms. The summed E-state index contributed by atoms with van der Waals surface area (Å²) in [4.78, 5) is 25.1. The monoisotopic (exact) mass is 254 g/mol. The van der Waals surface area contributed by atoms with Crippen LogP contribution in [0.3, 0.4) is 0 Å². The van der Waals surface area contributed by atoms with Gasteiger partial charge in [-0.3, -0.25) is 4.79 Å². The van der Waals surface area contributed by atoms with Crippen LogP contribution >= 0.6 is 0 Å². The first-order chi connectivity index (χ1) is 8.68. The fourth-order valence-electron chi connectivity index (χ4n) is 2.95. The molecule has 2 aliphatic rings. The van der Waals surface area contributed by atoms with Crippen LogP contribution in [-0.4, -0.2) is 41.1 Å². The number of amides is 2. The molecule has 0 spiro atoms. The Morgan fingerprint density at radius 2 is 1.67 bits per heavy atom. The van der Waals surface area contributed by atoms with Crippen LogP contribution in [-0.2, 0) is 4.79 Å². The molecule has 5 nitrogen and oxygen atoms in total. The van der Waals surface area contributed by atoms with Gasteiger partial charge in [0.2, 0.25) is 0 Å². The lowest BCUT2D eigenvalue weighted by Crippen LogP contribution is -2.48. The summed E-state index contributed by atoms with van der Waals surface area (Å²) >= 11 is 0. The number of carbonyl (C=O) groups excluding carboxylic acids is 1. The Morgan fingerprint density at radius 3 is 2.33 bits per heavy atom. The first-order valence-corrected chi connectivity index (χ1v) is 6.97. The number of urea groups is 1. The Hall–Kier alpha value is -1.26. The van der Waals surface area contributed by atoms with E-state index < -0.39 is 11.9 Å². The van der Waals surface area contributed by atoms with E-state index in [1.807, 2.05) is 0 Å². The molecular weight excluding hydrogens is 232 g/mol. The van der Waals surface area contributed by atoms with Crippen molar-refractivity contribution in [3.8, 4) is 0 Å². The van der Waals surface area contributed by atoms with Crippen LogP contribution in [0.15, 0.2) is 0 Å². The molecule has 0 aromatic heterocycles. The highest BCUT2D eigenvalue weighted by molar-refractivity contribution is 5.77. The van der Waals surface area contributed by atoms with Crippen LogP contribution in [0.1, 0.15) is 44.9 Å². The van der Waals surface area contributed by atoms with Crippen molar-refractivity contribution in [2.75, 3.05) is 13.1 Å². The minimum atomic E-state index is -0.774. The number of nitrogens with zero attached hydrogens (tertiary/aromatic N) is 1.